The maximum atomic E-state index is 9.01. The summed E-state index contributed by atoms with van der Waals surface area (Å²) in [7, 11) is 0. The molecule has 0 saturated carbocycles. The van der Waals surface area contributed by atoms with Crippen molar-refractivity contribution in [2.75, 3.05) is 26.4 Å². The molecule has 0 aromatic carbocycles. The molecule has 2 aliphatic heterocycles. The van der Waals surface area contributed by atoms with Gasteiger partial charge in [-0.05, 0) is 43.4 Å². The first-order valence-electron chi connectivity index (χ1n) is 8.08. The van der Waals surface area contributed by atoms with E-state index in [1.165, 1.54) is 12.8 Å². The molecule has 2 rings (SSSR count). The van der Waals surface area contributed by atoms with E-state index in [0.29, 0.717) is 5.92 Å². The van der Waals surface area contributed by atoms with Crippen molar-refractivity contribution in [3.63, 3.8) is 0 Å². The van der Waals surface area contributed by atoms with E-state index in [-0.39, 0.29) is 5.41 Å². The zero-order valence-electron chi connectivity index (χ0n) is 13.7. The molecule has 3 nitrogen and oxygen atoms in total. The number of hydrogen-bond donors (Lipinski definition) is 0. The average molecular weight is 281 g/mol. The minimum absolute atomic E-state index is 0.0990. The van der Waals surface area contributed by atoms with Gasteiger partial charge >= 0.3 is 0 Å². The van der Waals surface area contributed by atoms with E-state index >= 15 is 0 Å². The van der Waals surface area contributed by atoms with Crippen LogP contribution in [0.2, 0.25) is 0 Å². The van der Waals surface area contributed by atoms with Crippen molar-refractivity contribution in [3.05, 3.63) is 0 Å². The van der Waals surface area contributed by atoms with Crippen molar-refractivity contribution in [1.29, 1.82) is 5.26 Å². The summed E-state index contributed by atoms with van der Waals surface area (Å²) in [6, 6.07) is 2.44. The van der Waals surface area contributed by atoms with Crippen LogP contribution >= 0.6 is 0 Å². The fraction of sp³-hybridized carbons (Fsp3) is 0.941. The molecule has 20 heavy (non-hydrogen) atoms. The van der Waals surface area contributed by atoms with Crippen LogP contribution in [-0.2, 0) is 9.47 Å². The number of hydrogen-bond acceptors (Lipinski definition) is 3. The summed E-state index contributed by atoms with van der Waals surface area (Å²) < 4.78 is 10.6. The summed E-state index contributed by atoms with van der Waals surface area (Å²) in [6.45, 7) is 12.3. The van der Waals surface area contributed by atoms with E-state index in [0.717, 1.165) is 51.1 Å². The van der Waals surface area contributed by atoms with Crippen LogP contribution in [0.5, 0.6) is 0 Å². The Labute approximate surface area is 124 Å². The Bertz CT molecular complexity index is 295. The lowest BCUT2D eigenvalue weighted by Crippen LogP contribution is -2.32. The molecule has 0 bridgehead atoms. The number of nitriles is 1. The van der Waals surface area contributed by atoms with Crippen LogP contribution in [0.3, 0.4) is 0 Å². The van der Waals surface area contributed by atoms with E-state index in [4.69, 9.17) is 14.7 Å². The van der Waals surface area contributed by atoms with Gasteiger partial charge in [0.2, 0.25) is 0 Å². The highest BCUT2D eigenvalue weighted by Crippen LogP contribution is 2.36. The van der Waals surface area contributed by atoms with E-state index in [2.05, 4.69) is 33.8 Å². The number of rotatable bonds is 2. The van der Waals surface area contributed by atoms with Gasteiger partial charge in [-0.3, -0.25) is 0 Å². The average Bonchev–Trinajstić information content (AvgIpc) is 2.49. The topological polar surface area (TPSA) is 42.2 Å². The lowest BCUT2D eigenvalue weighted by molar-refractivity contribution is 0.0205. The third-order valence-corrected chi connectivity index (χ3v) is 4.85. The predicted octanol–water partition coefficient (Wildman–Crippen LogP) is 4.03. The van der Waals surface area contributed by atoms with Crippen LogP contribution in [0.1, 0.15) is 53.4 Å². The van der Waals surface area contributed by atoms with E-state index < -0.39 is 0 Å². The molecular weight excluding hydrogens is 250 g/mol. The molecule has 116 valence electrons. The number of nitrogens with zero attached hydrogens (tertiary/aromatic N) is 1. The number of ether oxygens (including phenoxy) is 2. The maximum Gasteiger partial charge on any atom is 0.0694 e. The summed E-state index contributed by atoms with van der Waals surface area (Å²) in [4.78, 5) is 0. The van der Waals surface area contributed by atoms with Gasteiger partial charge in [-0.25, -0.2) is 0 Å². The lowest BCUT2D eigenvalue weighted by Gasteiger charge is -2.34. The summed E-state index contributed by atoms with van der Waals surface area (Å²) in [5.74, 6) is 2.10. The molecule has 0 aromatic heterocycles. The van der Waals surface area contributed by atoms with Crippen molar-refractivity contribution in [2.24, 2.45) is 23.2 Å². The summed E-state index contributed by atoms with van der Waals surface area (Å²) in [6.07, 6.45) is 4.45. The molecular formula is C17H31NO2. The summed E-state index contributed by atoms with van der Waals surface area (Å²) in [5.41, 5.74) is -0.0990. The molecule has 0 aromatic rings. The standard InChI is InChI=1S/C9H15NO.C8H16O/c1-8(2)9(7-10)3-5-11-6-4-9;1-7(2)8-4-3-5-9-6-8/h8H,3-6H2,1-2H3;7-8H,3-6H2,1-2H3. The second kappa shape index (κ2) is 8.64. The Balaban J connectivity index is 0.000000204. The predicted molar refractivity (Wildman–Crippen MR) is 81.3 cm³/mol. The Morgan fingerprint density at radius 2 is 1.70 bits per heavy atom. The molecule has 0 radical (unpaired) electrons. The van der Waals surface area contributed by atoms with Gasteiger partial charge in [0.15, 0.2) is 0 Å². The lowest BCUT2D eigenvalue weighted by atomic mass is 9.73. The first-order chi connectivity index (χ1) is 9.52. The van der Waals surface area contributed by atoms with Crippen molar-refractivity contribution in [1.82, 2.24) is 0 Å². The monoisotopic (exact) mass is 281 g/mol. The zero-order valence-corrected chi connectivity index (χ0v) is 13.7. The van der Waals surface area contributed by atoms with E-state index in [1.54, 1.807) is 0 Å². The highest BCUT2D eigenvalue weighted by atomic mass is 16.5. The molecule has 2 fully saturated rings. The minimum Gasteiger partial charge on any atom is -0.381 e. The van der Waals surface area contributed by atoms with Crippen molar-refractivity contribution in [3.8, 4) is 6.07 Å². The van der Waals surface area contributed by atoms with E-state index in [9.17, 15) is 0 Å². The largest absolute Gasteiger partial charge is 0.381 e. The molecule has 3 heteroatoms. The second-order valence-electron chi connectivity index (χ2n) is 6.76. The fourth-order valence-corrected chi connectivity index (χ4v) is 2.85. The third-order valence-electron chi connectivity index (χ3n) is 4.85. The molecule has 1 unspecified atom stereocenters. The molecule has 0 N–H and O–H groups in total. The van der Waals surface area contributed by atoms with Gasteiger partial charge in [0, 0.05) is 26.4 Å². The van der Waals surface area contributed by atoms with Crippen LogP contribution in [0, 0.1) is 34.5 Å². The molecule has 0 spiro atoms. The molecule has 2 saturated heterocycles. The highest BCUT2D eigenvalue weighted by Gasteiger charge is 2.35. The third kappa shape index (κ3) is 5.07. The molecule has 2 aliphatic rings. The summed E-state index contributed by atoms with van der Waals surface area (Å²) >= 11 is 0. The Hall–Kier alpha value is -0.590. The molecule has 0 amide bonds. The summed E-state index contributed by atoms with van der Waals surface area (Å²) in [5, 5.41) is 9.01. The second-order valence-corrected chi connectivity index (χ2v) is 6.76. The fourth-order valence-electron chi connectivity index (χ4n) is 2.85. The van der Waals surface area contributed by atoms with Gasteiger partial charge in [0.1, 0.15) is 0 Å². The van der Waals surface area contributed by atoms with Gasteiger partial charge < -0.3 is 9.47 Å². The van der Waals surface area contributed by atoms with Crippen LogP contribution in [0.25, 0.3) is 0 Å². The van der Waals surface area contributed by atoms with Gasteiger partial charge in [0.05, 0.1) is 11.5 Å². The quantitative estimate of drug-likeness (QED) is 0.767. The molecule has 1 atom stereocenters. The smallest absolute Gasteiger partial charge is 0.0694 e. The van der Waals surface area contributed by atoms with Crippen LogP contribution < -0.4 is 0 Å². The van der Waals surface area contributed by atoms with Crippen molar-refractivity contribution in [2.45, 2.75) is 53.4 Å². The van der Waals surface area contributed by atoms with Crippen molar-refractivity contribution >= 4 is 0 Å². The first-order valence-corrected chi connectivity index (χ1v) is 8.08. The zero-order chi connectivity index (χ0) is 15.0. The Kier molecular flexibility index (Phi) is 7.55. The highest BCUT2D eigenvalue weighted by molar-refractivity contribution is 5.01. The van der Waals surface area contributed by atoms with Crippen LogP contribution in [-0.4, -0.2) is 26.4 Å². The van der Waals surface area contributed by atoms with Gasteiger partial charge in [-0.2, -0.15) is 5.26 Å². The Morgan fingerprint density at radius 1 is 1.05 bits per heavy atom. The maximum absolute atomic E-state index is 9.01. The van der Waals surface area contributed by atoms with Gasteiger partial charge in [0.25, 0.3) is 0 Å². The van der Waals surface area contributed by atoms with Crippen molar-refractivity contribution < 1.29 is 9.47 Å². The van der Waals surface area contributed by atoms with Crippen LogP contribution in [0.4, 0.5) is 0 Å². The molecule has 2 heterocycles. The minimum atomic E-state index is -0.0990. The first kappa shape index (κ1) is 17.5. The Morgan fingerprint density at radius 3 is 2.00 bits per heavy atom. The van der Waals surface area contributed by atoms with Gasteiger partial charge in [-0.1, -0.05) is 27.7 Å². The molecule has 0 aliphatic carbocycles. The van der Waals surface area contributed by atoms with Gasteiger partial charge in [-0.15, -0.1) is 0 Å². The van der Waals surface area contributed by atoms with E-state index in [1.807, 2.05) is 0 Å². The normalized spacial score (nSPS) is 25.8. The van der Waals surface area contributed by atoms with Crippen LogP contribution in [0.15, 0.2) is 0 Å². The SMILES string of the molecule is CC(C)C1(C#N)CCOCC1.CC(C)C1CCCOC1.